The highest BCUT2D eigenvalue weighted by molar-refractivity contribution is 7.93. The van der Waals surface area contributed by atoms with Crippen molar-refractivity contribution >= 4 is 21.5 Å². The van der Waals surface area contributed by atoms with E-state index in [1.165, 1.54) is 12.1 Å². The quantitative estimate of drug-likeness (QED) is 0.760. The van der Waals surface area contributed by atoms with E-state index in [1.807, 2.05) is 0 Å². The fourth-order valence-electron chi connectivity index (χ4n) is 4.56. The molecular formula is C16H13F3N2O3S. The number of Topliss-reactive ketones (excluding diaryl/α,β-unsaturated/α-hetero) is 1. The summed E-state index contributed by atoms with van der Waals surface area (Å²) in [5.74, 6) is -0.835. The first-order valence-corrected chi connectivity index (χ1v) is 9.30. The Bertz CT molecular complexity index is 920. The maximum atomic E-state index is 13.1. The van der Waals surface area contributed by atoms with Crippen molar-refractivity contribution < 1.29 is 26.4 Å². The SMILES string of the molecule is N#Cc1ccc(N2C[C@H]3[C@H]4CC(=O)[C@H](C4)[C@@H]3S2(=O)=O)cc1C(F)(F)F. The number of rotatable bonds is 1. The Hall–Kier alpha value is -2.08. The molecule has 2 saturated carbocycles. The number of anilines is 1. The molecule has 0 spiro atoms. The molecule has 1 aromatic carbocycles. The summed E-state index contributed by atoms with van der Waals surface area (Å²) in [5.41, 5.74) is -1.81. The highest BCUT2D eigenvalue weighted by Gasteiger charge is 2.63. The molecule has 9 heteroatoms. The van der Waals surface area contributed by atoms with Gasteiger partial charge in [0.25, 0.3) is 0 Å². The fraction of sp³-hybridized carbons (Fsp3) is 0.500. The third kappa shape index (κ3) is 2.20. The van der Waals surface area contributed by atoms with Crippen molar-refractivity contribution in [2.45, 2.75) is 24.3 Å². The summed E-state index contributed by atoms with van der Waals surface area (Å²) in [6, 6.07) is 4.39. The molecule has 3 aliphatic rings. The number of carbonyl (C=O) groups excluding carboxylic acids is 1. The minimum Gasteiger partial charge on any atom is -0.299 e. The van der Waals surface area contributed by atoms with Gasteiger partial charge in [-0.2, -0.15) is 18.4 Å². The van der Waals surface area contributed by atoms with E-state index in [-0.39, 0.29) is 29.9 Å². The van der Waals surface area contributed by atoms with Crippen LogP contribution in [0, 0.1) is 29.1 Å². The van der Waals surface area contributed by atoms with Gasteiger partial charge < -0.3 is 0 Å². The van der Waals surface area contributed by atoms with Crippen LogP contribution in [0.25, 0.3) is 0 Å². The largest absolute Gasteiger partial charge is 0.417 e. The van der Waals surface area contributed by atoms with E-state index in [0.29, 0.717) is 18.9 Å². The lowest BCUT2D eigenvalue weighted by atomic mass is 9.87. The predicted octanol–water partition coefficient (Wildman–Crippen LogP) is 2.32. The van der Waals surface area contributed by atoms with Gasteiger partial charge in [0.2, 0.25) is 10.0 Å². The van der Waals surface area contributed by atoms with Crippen molar-refractivity contribution in [2.24, 2.45) is 17.8 Å². The van der Waals surface area contributed by atoms with Gasteiger partial charge in [0.05, 0.1) is 28.1 Å². The van der Waals surface area contributed by atoms with Crippen LogP contribution in [-0.4, -0.2) is 26.0 Å². The smallest absolute Gasteiger partial charge is 0.299 e. The van der Waals surface area contributed by atoms with E-state index in [2.05, 4.69) is 0 Å². The molecule has 1 saturated heterocycles. The number of fused-ring (bicyclic) bond motifs is 5. The average Bonchev–Trinajstić information content (AvgIpc) is 3.15. The van der Waals surface area contributed by atoms with E-state index in [4.69, 9.17) is 5.26 Å². The van der Waals surface area contributed by atoms with E-state index in [1.54, 1.807) is 0 Å². The van der Waals surface area contributed by atoms with Crippen molar-refractivity contribution in [1.29, 1.82) is 5.26 Å². The maximum Gasteiger partial charge on any atom is 0.417 e. The number of alkyl halides is 3. The average molecular weight is 370 g/mol. The Balaban J connectivity index is 1.77. The summed E-state index contributed by atoms with van der Waals surface area (Å²) in [6.45, 7) is 0.0879. The first-order valence-electron chi connectivity index (χ1n) is 7.80. The Morgan fingerprint density at radius 3 is 2.64 bits per heavy atom. The maximum absolute atomic E-state index is 13.1. The number of hydrogen-bond donors (Lipinski definition) is 0. The Morgan fingerprint density at radius 1 is 1.28 bits per heavy atom. The molecule has 0 N–H and O–H groups in total. The first-order chi connectivity index (χ1) is 11.6. The van der Waals surface area contributed by atoms with Gasteiger partial charge in [-0.25, -0.2) is 8.42 Å². The van der Waals surface area contributed by atoms with Gasteiger partial charge in [-0.1, -0.05) is 0 Å². The van der Waals surface area contributed by atoms with E-state index in [0.717, 1.165) is 10.4 Å². The van der Waals surface area contributed by atoms with Crippen LogP contribution in [0.15, 0.2) is 18.2 Å². The molecule has 2 aliphatic carbocycles. The molecule has 1 heterocycles. The van der Waals surface area contributed by atoms with Gasteiger partial charge in [-0.3, -0.25) is 9.10 Å². The molecule has 2 bridgehead atoms. The molecule has 0 aromatic heterocycles. The van der Waals surface area contributed by atoms with Crippen LogP contribution in [0.4, 0.5) is 18.9 Å². The molecule has 4 atom stereocenters. The highest BCUT2D eigenvalue weighted by Crippen LogP contribution is 2.54. The number of carbonyl (C=O) groups is 1. The van der Waals surface area contributed by atoms with Crippen molar-refractivity contribution in [3.05, 3.63) is 29.3 Å². The van der Waals surface area contributed by atoms with Crippen molar-refractivity contribution in [1.82, 2.24) is 0 Å². The molecule has 1 aromatic rings. The zero-order valence-electron chi connectivity index (χ0n) is 12.8. The van der Waals surface area contributed by atoms with Crippen LogP contribution in [-0.2, 0) is 21.0 Å². The molecule has 132 valence electrons. The normalized spacial score (nSPS) is 32.7. The molecule has 25 heavy (non-hydrogen) atoms. The number of nitriles is 1. The van der Waals surface area contributed by atoms with Crippen molar-refractivity contribution in [3.8, 4) is 6.07 Å². The Morgan fingerprint density at radius 2 is 2.00 bits per heavy atom. The van der Waals surface area contributed by atoms with E-state index in [9.17, 15) is 26.4 Å². The molecule has 3 fully saturated rings. The zero-order chi connectivity index (χ0) is 18.1. The number of sulfonamides is 1. The van der Waals surface area contributed by atoms with Crippen LogP contribution in [0.5, 0.6) is 0 Å². The summed E-state index contributed by atoms with van der Waals surface area (Å²) in [5, 5.41) is 8.03. The minimum atomic E-state index is -4.75. The van der Waals surface area contributed by atoms with Crippen molar-refractivity contribution in [3.63, 3.8) is 0 Å². The molecule has 0 unspecified atom stereocenters. The van der Waals surface area contributed by atoms with Crippen molar-refractivity contribution in [2.75, 3.05) is 10.8 Å². The summed E-state index contributed by atoms with van der Waals surface area (Å²) in [4.78, 5) is 11.9. The number of nitrogens with zero attached hydrogens (tertiary/aromatic N) is 2. The van der Waals surface area contributed by atoms with Crippen LogP contribution in [0.3, 0.4) is 0 Å². The van der Waals surface area contributed by atoms with E-state index >= 15 is 0 Å². The third-order valence-corrected chi connectivity index (χ3v) is 7.94. The molecule has 5 nitrogen and oxygen atoms in total. The number of benzene rings is 1. The van der Waals surface area contributed by atoms with Crippen LogP contribution < -0.4 is 4.31 Å². The second-order valence-corrected chi connectivity index (χ2v) is 8.83. The standard InChI is InChI=1S/C16H13F3N2O3S/c17-16(18,19)13-5-10(2-1-8(13)6-20)21-7-12-9-3-11(14(22)4-9)15(12)25(21,23)24/h1-2,5,9,11-12,15H,3-4,7H2/t9-,11+,12+,15+/m1/s1. The topological polar surface area (TPSA) is 78.2 Å². The monoisotopic (exact) mass is 370 g/mol. The van der Waals surface area contributed by atoms with Gasteiger partial charge in [-0.05, 0) is 30.5 Å². The summed E-state index contributed by atoms with van der Waals surface area (Å²) in [7, 11) is -3.90. The highest BCUT2D eigenvalue weighted by atomic mass is 32.2. The lowest BCUT2D eigenvalue weighted by molar-refractivity contribution is -0.137. The lowest BCUT2D eigenvalue weighted by Gasteiger charge is -2.22. The second-order valence-electron chi connectivity index (χ2n) is 6.82. The second kappa shape index (κ2) is 4.97. The van der Waals surface area contributed by atoms with Gasteiger partial charge in [0, 0.05) is 24.8 Å². The van der Waals surface area contributed by atoms with Gasteiger partial charge in [0.15, 0.2) is 0 Å². The zero-order valence-corrected chi connectivity index (χ0v) is 13.6. The number of ketones is 1. The van der Waals surface area contributed by atoms with E-state index < -0.39 is 38.5 Å². The third-order valence-electron chi connectivity index (χ3n) is 5.60. The minimum absolute atomic E-state index is 0.0113. The van der Waals surface area contributed by atoms with Crippen LogP contribution >= 0.6 is 0 Å². The Kier molecular flexibility index (Phi) is 3.26. The van der Waals surface area contributed by atoms with Crippen LogP contribution in [0.1, 0.15) is 24.0 Å². The molecular weight excluding hydrogens is 357 g/mol. The fourth-order valence-corrected chi connectivity index (χ4v) is 7.07. The Labute approximate surface area is 142 Å². The first kappa shape index (κ1) is 16.4. The molecule has 0 amide bonds. The lowest BCUT2D eigenvalue weighted by Crippen LogP contribution is -2.36. The predicted molar refractivity (Wildman–Crippen MR) is 80.9 cm³/mol. The van der Waals surface area contributed by atoms with Gasteiger partial charge in [-0.15, -0.1) is 0 Å². The number of hydrogen-bond acceptors (Lipinski definition) is 4. The number of halogens is 3. The molecule has 4 rings (SSSR count). The summed E-state index contributed by atoms with van der Waals surface area (Å²) < 4.78 is 66.1. The van der Waals surface area contributed by atoms with Gasteiger partial charge >= 0.3 is 6.18 Å². The van der Waals surface area contributed by atoms with Crippen LogP contribution in [0.2, 0.25) is 0 Å². The molecule has 1 aliphatic heterocycles. The molecule has 0 radical (unpaired) electrons. The summed E-state index contributed by atoms with van der Waals surface area (Å²) in [6.07, 6.45) is -3.84. The van der Waals surface area contributed by atoms with Gasteiger partial charge in [0.1, 0.15) is 5.78 Å². The summed E-state index contributed by atoms with van der Waals surface area (Å²) >= 11 is 0.